The lowest BCUT2D eigenvalue weighted by Gasteiger charge is -2.06. The molecule has 31 heavy (non-hydrogen) atoms. The van der Waals surface area contributed by atoms with Gasteiger partial charge in [0.25, 0.3) is 0 Å². The smallest absolute Gasteiger partial charge is 0.306 e. The summed E-state index contributed by atoms with van der Waals surface area (Å²) in [6.45, 7) is 3.11. The normalized spacial score (nSPS) is 10.7. The van der Waals surface area contributed by atoms with E-state index >= 15 is 0 Å². The van der Waals surface area contributed by atoms with Crippen LogP contribution in [0.1, 0.15) is 109 Å². The highest BCUT2D eigenvalue weighted by Crippen LogP contribution is 2.12. The molecule has 0 radical (unpaired) electrons. The number of hydrogen-bond donors (Lipinski definition) is 0. The molecule has 1 aromatic carbocycles. The summed E-state index contributed by atoms with van der Waals surface area (Å²) in [4.78, 5) is 23.5. The first-order valence-corrected chi connectivity index (χ1v) is 12.6. The lowest BCUT2D eigenvalue weighted by molar-refractivity contribution is -0.150. The first-order valence-electron chi connectivity index (χ1n) is 12.6. The van der Waals surface area contributed by atoms with Crippen molar-refractivity contribution in [2.75, 3.05) is 13.2 Å². The van der Waals surface area contributed by atoms with E-state index in [1.165, 1.54) is 69.8 Å². The highest BCUT2D eigenvalue weighted by atomic mass is 16.5. The van der Waals surface area contributed by atoms with Crippen molar-refractivity contribution in [3.63, 3.8) is 0 Å². The summed E-state index contributed by atoms with van der Waals surface area (Å²) in [6, 6.07) is 10.1. The number of aryl methyl sites for hydroxylation is 1. The average molecular weight is 433 g/mol. The van der Waals surface area contributed by atoms with Crippen molar-refractivity contribution in [2.24, 2.45) is 0 Å². The van der Waals surface area contributed by atoms with Crippen molar-refractivity contribution < 1.29 is 19.1 Å². The molecule has 0 aliphatic carbocycles. The number of ether oxygens (including phenoxy) is 2. The highest BCUT2D eigenvalue weighted by molar-refractivity contribution is 5.77. The summed E-state index contributed by atoms with van der Waals surface area (Å²) in [7, 11) is 0. The van der Waals surface area contributed by atoms with E-state index in [4.69, 9.17) is 9.47 Å². The summed E-state index contributed by atoms with van der Waals surface area (Å²) in [6.07, 6.45) is 17.3. The number of carbonyl (C=O) groups excluding carboxylic acids is 2. The predicted molar refractivity (Wildman–Crippen MR) is 127 cm³/mol. The molecule has 4 heteroatoms. The highest BCUT2D eigenvalue weighted by Gasteiger charge is 2.09. The van der Waals surface area contributed by atoms with Crippen LogP contribution in [0.25, 0.3) is 0 Å². The molecular weight excluding hydrogens is 388 g/mol. The van der Waals surface area contributed by atoms with Gasteiger partial charge < -0.3 is 9.47 Å². The van der Waals surface area contributed by atoms with Gasteiger partial charge in [-0.25, -0.2) is 0 Å². The van der Waals surface area contributed by atoms with Crippen molar-refractivity contribution in [1.82, 2.24) is 0 Å². The van der Waals surface area contributed by atoms with Crippen molar-refractivity contribution in [3.8, 4) is 0 Å². The molecule has 0 aromatic heterocycles. The van der Waals surface area contributed by atoms with Crippen LogP contribution >= 0.6 is 0 Å². The van der Waals surface area contributed by atoms with Crippen LogP contribution in [-0.2, 0) is 25.5 Å². The minimum atomic E-state index is -0.324. The van der Waals surface area contributed by atoms with Gasteiger partial charge in [0.15, 0.2) is 0 Å². The summed E-state index contributed by atoms with van der Waals surface area (Å²) in [5.41, 5.74) is 1.24. The molecule has 0 N–H and O–H groups in total. The average Bonchev–Trinajstić information content (AvgIpc) is 2.79. The standard InChI is InChI=1S/C27H44O4/c1-2-3-4-5-6-7-8-9-10-11-12-16-23-30-26(28)21-22-27(29)31-24-17-20-25-18-14-13-15-19-25/h13-15,18-19H,2-12,16-17,20-24H2,1H3. The lowest BCUT2D eigenvalue weighted by Crippen LogP contribution is -2.11. The number of rotatable bonds is 20. The Morgan fingerprint density at radius 2 is 1.06 bits per heavy atom. The van der Waals surface area contributed by atoms with E-state index in [1.54, 1.807) is 0 Å². The van der Waals surface area contributed by atoms with Crippen molar-refractivity contribution >= 4 is 11.9 Å². The Labute approximate surface area is 190 Å². The molecule has 0 spiro atoms. The maximum Gasteiger partial charge on any atom is 0.306 e. The molecule has 4 nitrogen and oxygen atoms in total. The van der Waals surface area contributed by atoms with Gasteiger partial charge in [-0.2, -0.15) is 0 Å². The number of benzene rings is 1. The van der Waals surface area contributed by atoms with E-state index in [9.17, 15) is 9.59 Å². The van der Waals surface area contributed by atoms with Crippen LogP contribution in [0.15, 0.2) is 30.3 Å². The molecule has 1 rings (SSSR count). The van der Waals surface area contributed by atoms with Gasteiger partial charge in [0.2, 0.25) is 0 Å². The van der Waals surface area contributed by atoms with Gasteiger partial charge >= 0.3 is 11.9 Å². The van der Waals surface area contributed by atoms with E-state index in [1.807, 2.05) is 18.2 Å². The largest absolute Gasteiger partial charge is 0.466 e. The van der Waals surface area contributed by atoms with E-state index in [2.05, 4.69) is 19.1 Å². The van der Waals surface area contributed by atoms with E-state index in [-0.39, 0.29) is 24.8 Å². The van der Waals surface area contributed by atoms with Crippen LogP contribution in [0, 0.1) is 0 Å². The molecule has 0 bridgehead atoms. The molecule has 0 aliphatic heterocycles. The van der Waals surface area contributed by atoms with Crippen LogP contribution in [-0.4, -0.2) is 25.2 Å². The summed E-state index contributed by atoms with van der Waals surface area (Å²) in [5, 5.41) is 0. The molecule has 0 unspecified atom stereocenters. The zero-order valence-electron chi connectivity index (χ0n) is 19.7. The van der Waals surface area contributed by atoms with Gasteiger partial charge in [-0.05, 0) is 24.8 Å². The maximum absolute atomic E-state index is 11.7. The second-order valence-corrected chi connectivity index (χ2v) is 8.42. The number of carbonyl (C=O) groups is 2. The second-order valence-electron chi connectivity index (χ2n) is 8.42. The molecule has 0 aliphatic rings. The molecular formula is C27H44O4. The third-order valence-corrected chi connectivity index (χ3v) is 5.51. The Morgan fingerprint density at radius 3 is 1.58 bits per heavy atom. The Kier molecular flexibility index (Phi) is 17.6. The van der Waals surface area contributed by atoms with Crippen LogP contribution in [0.2, 0.25) is 0 Å². The third kappa shape index (κ3) is 17.5. The van der Waals surface area contributed by atoms with E-state index in [0.29, 0.717) is 13.2 Å². The second kappa shape index (κ2) is 20.1. The maximum atomic E-state index is 11.7. The minimum absolute atomic E-state index is 0.0998. The van der Waals surface area contributed by atoms with Crippen LogP contribution in [0.4, 0.5) is 0 Å². The van der Waals surface area contributed by atoms with E-state index in [0.717, 1.165) is 25.7 Å². The monoisotopic (exact) mass is 432 g/mol. The Morgan fingerprint density at radius 1 is 0.613 bits per heavy atom. The fourth-order valence-electron chi connectivity index (χ4n) is 3.58. The molecule has 0 amide bonds. The van der Waals surface area contributed by atoms with Gasteiger partial charge in [-0.15, -0.1) is 0 Å². The van der Waals surface area contributed by atoms with Gasteiger partial charge in [0.1, 0.15) is 0 Å². The fraction of sp³-hybridized carbons (Fsp3) is 0.704. The molecule has 176 valence electrons. The number of unbranched alkanes of at least 4 members (excludes halogenated alkanes) is 11. The summed E-state index contributed by atoms with van der Waals surface area (Å²) < 4.78 is 10.4. The third-order valence-electron chi connectivity index (χ3n) is 5.51. The van der Waals surface area contributed by atoms with Crippen molar-refractivity contribution in [3.05, 3.63) is 35.9 Å². The Bertz CT molecular complexity index is 556. The van der Waals surface area contributed by atoms with Gasteiger partial charge in [-0.3, -0.25) is 9.59 Å². The van der Waals surface area contributed by atoms with Gasteiger partial charge in [0.05, 0.1) is 26.1 Å². The Balaban J connectivity index is 1.83. The van der Waals surface area contributed by atoms with Crippen molar-refractivity contribution in [2.45, 2.75) is 110 Å². The van der Waals surface area contributed by atoms with Gasteiger partial charge in [0, 0.05) is 0 Å². The lowest BCUT2D eigenvalue weighted by atomic mass is 10.1. The van der Waals surface area contributed by atoms with Crippen LogP contribution in [0.3, 0.4) is 0 Å². The van der Waals surface area contributed by atoms with E-state index < -0.39 is 0 Å². The predicted octanol–water partition coefficient (Wildman–Crippen LogP) is 7.19. The molecule has 0 saturated carbocycles. The van der Waals surface area contributed by atoms with Gasteiger partial charge in [-0.1, -0.05) is 108 Å². The zero-order valence-corrected chi connectivity index (χ0v) is 19.7. The van der Waals surface area contributed by atoms with Crippen molar-refractivity contribution in [1.29, 1.82) is 0 Å². The molecule has 0 fully saturated rings. The molecule has 1 aromatic rings. The Hall–Kier alpha value is -1.84. The SMILES string of the molecule is CCCCCCCCCCCCCCOC(=O)CCC(=O)OCCCc1ccccc1. The molecule has 0 saturated heterocycles. The molecule has 0 atom stereocenters. The summed E-state index contributed by atoms with van der Waals surface area (Å²) in [5.74, 6) is -0.625. The van der Waals surface area contributed by atoms with Crippen LogP contribution < -0.4 is 0 Å². The first-order chi connectivity index (χ1) is 15.2. The number of esters is 2. The quantitative estimate of drug-likeness (QED) is 0.162. The zero-order chi connectivity index (χ0) is 22.4. The fourth-order valence-corrected chi connectivity index (χ4v) is 3.58. The minimum Gasteiger partial charge on any atom is -0.466 e. The number of hydrogen-bond acceptors (Lipinski definition) is 4. The topological polar surface area (TPSA) is 52.6 Å². The summed E-state index contributed by atoms with van der Waals surface area (Å²) >= 11 is 0. The van der Waals surface area contributed by atoms with Crippen LogP contribution in [0.5, 0.6) is 0 Å². The molecule has 0 heterocycles. The first kappa shape index (κ1) is 27.2.